The minimum atomic E-state index is -3.73. The van der Waals surface area contributed by atoms with Gasteiger partial charge in [0.15, 0.2) is 0 Å². The number of halogens is 1. The Bertz CT molecular complexity index is 1300. The lowest BCUT2D eigenvalue weighted by atomic mass is 9.77. The maximum Gasteiger partial charge on any atom is 0.261 e. The summed E-state index contributed by atoms with van der Waals surface area (Å²) in [5.74, 6) is 0.103. The summed E-state index contributed by atoms with van der Waals surface area (Å²) in [6, 6.07) is 17.6. The number of rotatable bonds is 4. The molecule has 2 N–H and O–H groups in total. The summed E-state index contributed by atoms with van der Waals surface area (Å²) in [4.78, 5) is 0.250. The number of fused-ring (bicyclic) bond motifs is 3. The summed E-state index contributed by atoms with van der Waals surface area (Å²) in [6.07, 6.45) is 5.20. The van der Waals surface area contributed by atoms with Gasteiger partial charge in [0.2, 0.25) is 0 Å². The minimum Gasteiger partial charge on any atom is -0.378 e. The average molecular weight is 449 g/mol. The zero-order valence-corrected chi connectivity index (χ0v) is 18.8. The van der Waals surface area contributed by atoms with Gasteiger partial charge in [-0.2, -0.15) is 0 Å². The second-order valence-electron chi connectivity index (χ2n) is 8.65. The fourth-order valence-electron chi connectivity index (χ4n) is 4.91. The lowest BCUT2D eigenvalue weighted by Crippen LogP contribution is -2.29. The molecule has 1 aliphatic carbocycles. The standard InChI is InChI=1S/C26H25FN2O2S/c1-16-5-3-6-17(2)25(16)29-32(30,31)20-13-14-24-23(15-20)21-7-4-8-22(21)26(28-24)18-9-11-19(27)12-10-18/h3-7,9-15,21-22,26,28-29H,8H2,1-2H3/t21-,22+,26+/m0/s1. The highest BCUT2D eigenvalue weighted by Crippen LogP contribution is 2.50. The molecule has 0 bridgehead atoms. The first-order valence-corrected chi connectivity index (χ1v) is 12.2. The number of hydrogen-bond donors (Lipinski definition) is 2. The fraction of sp³-hybridized carbons (Fsp3) is 0.231. The van der Waals surface area contributed by atoms with E-state index in [0.717, 1.165) is 34.4 Å². The van der Waals surface area contributed by atoms with E-state index in [-0.39, 0.29) is 28.6 Å². The predicted molar refractivity (Wildman–Crippen MR) is 126 cm³/mol. The Kier molecular flexibility index (Phi) is 5.05. The Morgan fingerprint density at radius 3 is 2.44 bits per heavy atom. The van der Waals surface area contributed by atoms with E-state index in [1.54, 1.807) is 12.1 Å². The Labute approximate surface area is 188 Å². The molecule has 0 aromatic heterocycles. The first kappa shape index (κ1) is 20.8. The van der Waals surface area contributed by atoms with Crippen LogP contribution in [-0.4, -0.2) is 8.42 Å². The third-order valence-corrected chi connectivity index (χ3v) is 7.94. The third-order valence-electron chi connectivity index (χ3n) is 6.59. The van der Waals surface area contributed by atoms with Gasteiger partial charge in [0, 0.05) is 11.6 Å². The van der Waals surface area contributed by atoms with Crippen LogP contribution in [0.25, 0.3) is 0 Å². The number of nitrogens with one attached hydrogen (secondary N) is 2. The maximum atomic E-state index is 13.4. The van der Waals surface area contributed by atoms with Gasteiger partial charge in [-0.1, -0.05) is 42.5 Å². The van der Waals surface area contributed by atoms with Gasteiger partial charge in [-0.25, -0.2) is 12.8 Å². The summed E-state index contributed by atoms with van der Waals surface area (Å²) in [6.45, 7) is 3.79. The number of aryl methyl sites for hydroxylation is 2. The molecular formula is C26H25FN2O2S. The molecule has 4 nitrogen and oxygen atoms in total. The van der Waals surface area contributed by atoms with Crippen molar-refractivity contribution in [2.24, 2.45) is 5.92 Å². The fourth-order valence-corrected chi connectivity index (χ4v) is 6.15. The van der Waals surface area contributed by atoms with Crippen LogP contribution in [0.2, 0.25) is 0 Å². The Morgan fingerprint density at radius 2 is 1.72 bits per heavy atom. The molecule has 0 radical (unpaired) electrons. The van der Waals surface area contributed by atoms with Crippen LogP contribution in [0.1, 0.15) is 40.6 Å². The summed E-state index contributed by atoms with van der Waals surface area (Å²) in [5.41, 5.74) is 5.32. The van der Waals surface area contributed by atoms with Gasteiger partial charge in [-0.05, 0) is 78.8 Å². The van der Waals surface area contributed by atoms with Gasteiger partial charge in [0.25, 0.3) is 10.0 Å². The van der Waals surface area contributed by atoms with E-state index in [0.29, 0.717) is 5.69 Å². The highest BCUT2D eigenvalue weighted by molar-refractivity contribution is 7.92. The van der Waals surface area contributed by atoms with Gasteiger partial charge < -0.3 is 5.32 Å². The van der Waals surface area contributed by atoms with Crippen molar-refractivity contribution in [3.63, 3.8) is 0 Å². The molecule has 0 spiro atoms. The van der Waals surface area contributed by atoms with Crippen molar-refractivity contribution in [1.29, 1.82) is 0 Å². The number of benzene rings is 3. The first-order valence-electron chi connectivity index (χ1n) is 10.7. The Hall–Kier alpha value is -3.12. The third kappa shape index (κ3) is 3.58. The summed E-state index contributed by atoms with van der Waals surface area (Å²) >= 11 is 0. The molecular weight excluding hydrogens is 423 g/mol. The maximum absolute atomic E-state index is 13.4. The Morgan fingerprint density at radius 1 is 1.00 bits per heavy atom. The molecule has 0 unspecified atom stereocenters. The molecule has 32 heavy (non-hydrogen) atoms. The normalized spacial score (nSPS) is 21.5. The lowest BCUT2D eigenvalue weighted by molar-refractivity contribution is 0.424. The van der Waals surface area contributed by atoms with Crippen LogP contribution in [0.3, 0.4) is 0 Å². The molecule has 3 atom stereocenters. The van der Waals surface area contributed by atoms with Crippen LogP contribution < -0.4 is 10.0 Å². The van der Waals surface area contributed by atoms with Crippen LogP contribution in [0.5, 0.6) is 0 Å². The quantitative estimate of drug-likeness (QED) is 0.476. The van der Waals surface area contributed by atoms with Gasteiger partial charge in [0.05, 0.1) is 16.6 Å². The summed E-state index contributed by atoms with van der Waals surface area (Å²) in [7, 11) is -3.73. The second kappa shape index (κ2) is 7.78. The lowest BCUT2D eigenvalue weighted by Gasteiger charge is -2.37. The average Bonchev–Trinajstić information content (AvgIpc) is 3.26. The van der Waals surface area contributed by atoms with E-state index < -0.39 is 10.0 Å². The van der Waals surface area contributed by atoms with Crippen LogP contribution in [-0.2, 0) is 10.0 Å². The molecule has 3 aromatic rings. The van der Waals surface area contributed by atoms with Gasteiger partial charge in [0.1, 0.15) is 5.82 Å². The molecule has 0 amide bonds. The zero-order valence-electron chi connectivity index (χ0n) is 18.0. The highest BCUT2D eigenvalue weighted by atomic mass is 32.2. The van der Waals surface area contributed by atoms with Crippen LogP contribution in [0.4, 0.5) is 15.8 Å². The monoisotopic (exact) mass is 448 g/mol. The SMILES string of the molecule is Cc1cccc(C)c1NS(=O)(=O)c1ccc2c(c1)[C@H]1C=CC[C@H]1[C@@H](c1ccc(F)cc1)N2. The van der Waals surface area contributed by atoms with E-state index in [1.807, 2.05) is 50.2 Å². The number of allylic oxidation sites excluding steroid dienone is 2. The molecule has 6 heteroatoms. The smallest absolute Gasteiger partial charge is 0.261 e. The van der Waals surface area contributed by atoms with Crippen LogP contribution >= 0.6 is 0 Å². The van der Waals surface area contributed by atoms with Gasteiger partial charge >= 0.3 is 0 Å². The van der Waals surface area contributed by atoms with Crippen molar-refractivity contribution in [1.82, 2.24) is 0 Å². The van der Waals surface area contributed by atoms with Crippen molar-refractivity contribution >= 4 is 21.4 Å². The Balaban J connectivity index is 1.50. The van der Waals surface area contributed by atoms with E-state index >= 15 is 0 Å². The van der Waals surface area contributed by atoms with Gasteiger partial charge in [-0.3, -0.25) is 4.72 Å². The molecule has 0 fully saturated rings. The molecule has 1 heterocycles. The van der Waals surface area contributed by atoms with Crippen molar-refractivity contribution in [3.05, 3.63) is 101 Å². The number of anilines is 2. The molecule has 164 valence electrons. The largest absolute Gasteiger partial charge is 0.378 e. The highest BCUT2D eigenvalue weighted by Gasteiger charge is 2.38. The van der Waals surface area contributed by atoms with Gasteiger partial charge in [-0.15, -0.1) is 0 Å². The van der Waals surface area contributed by atoms with E-state index in [4.69, 9.17) is 0 Å². The van der Waals surface area contributed by atoms with E-state index in [2.05, 4.69) is 22.2 Å². The number of sulfonamides is 1. The molecule has 0 saturated carbocycles. The minimum absolute atomic E-state index is 0.0401. The van der Waals surface area contributed by atoms with Crippen molar-refractivity contribution < 1.29 is 12.8 Å². The van der Waals surface area contributed by atoms with E-state index in [1.165, 1.54) is 12.1 Å². The van der Waals surface area contributed by atoms with Crippen molar-refractivity contribution in [3.8, 4) is 0 Å². The number of para-hydroxylation sites is 1. The first-order chi connectivity index (χ1) is 15.3. The molecule has 0 saturated heterocycles. The summed E-state index contributed by atoms with van der Waals surface area (Å²) in [5, 5.41) is 3.57. The summed E-state index contributed by atoms with van der Waals surface area (Å²) < 4.78 is 42.6. The predicted octanol–water partition coefficient (Wildman–Crippen LogP) is 6.07. The number of hydrogen-bond acceptors (Lipinski definition) is 3. The van der Waals surface area contributed by atoms with Crippen molar-refractivity contribution in [2.75, 3.05) is 10.0 Å². The molecule has 2 aliphatic rings. The van der Waals surface area contributed by atoms with Crippen LogP contribution in [0.15, 0.2) is 77.7 Å². The molecule has 3 aromatic carbocycles. The van der Waals surface area contributed by atoms with Crippen LogP contribution in [0, 0.1) is 25.6 Å². The zero-order chi connectivity index (χ0) is 22.5. The molecule has 5 rings (SSSR count). The van der Waals surface area contributed by atoms with E-state index in [9.17, 15) is 12.8 Å². The molecule has 1 aliphatic heterocycles. The van der Waals surface area contributed by atoms with Crippen molar-refractivity contribution in [2.45, 2.75) is 37.1 Å². The second-order valence-corrected chi connectivity index (χ2v) is 10.3. The topological polar surface area (TPSA) is 58.2 Å².